The van der Waals surface area contributed by atoms with E-state index in [2.05, 4.69) is 0 Å². The number of fused-ring (bicyclic) bond motifs is 1. The van der Waals surface area contributed by atoms with Gasteiger partial charge in [-0.1, -0.05) is 23.8 Å². The molecule has 0 aromatic heterocycles. The van der Waals surface area contributed by atoms with Gasteiger partial charge in [0.25, 0.3) is 0 Å². The molecular weight excluding hydrogens is 214 g/mol. The van der Waals surface area contributed by atoms with Gasteiger partial charge in [0.2, 0.25) is 0 Å². The number of carbonyl (C=O) groups is 2. The number of rotatable bonds is 1. The van der Waals surface area contributed by atoms with Crippen molar-refractivity contribution in [3.05, 3.63) is 46.7 Å². The number of allylic oxidation sites excluding steroid dienone is 1. The zero-order valence-electron chi connectivity index (χ0n) is 10.3. The van der Waals surface area contributed by atoms with E-state index in [0.717, 1.165) is 11.1 Å². The monoisotopic (exact) mass is 229 g/mol. The Hall–Kier alpha value is -1.90. The van der Waals surface area contributed by atoms with E-state index in [9.17, 15) is 9.59 Å². The summed E-state index contributed by atoms with van der Waals surface area (Å²) in [4.78, 5) is 25.8. The van der Waals surface area contributed by atoms with Crippen LogP contribution in [0.3, 0.4) is 0 Å². The Balaban J connectivity index is 2.51. The van der Waals surface area contributed by atoms with Gasteiger partial charge in [0.05, 0.1) is 5.57 Å². The maximum absolute atomic E-state index is 12.2. The molecule has 0 saturated carbocycles. The standard InChI is InChI=1S/C14H15NO2/c1-9-4-5-11-10(6-9)7-13(16)12(14(11)17)8-15(2)3/h4-6,8H,7H2,1-3H3/b12-8+. The summed E-state index contributed by atoms with van der Waals surface area (Å²) in [6, 6.07) is 5.63. The van der Waals surface area contributed by atoms with Gasteiger partial charge in [0.1, 0.15) is 0 Å². The largest absolute Gasteiger partial charge is 0.383 e. The first kappa shape index (κ1) is 11.6. The van der Waals surface area contributed by atoms with Crippen LogP contribution in [0, 0.1) is 6.92 Å². The van der Waals surface area contributed by atoms with Crippen molar-refractivity contribution in [2.24, 2.45) is 0 Å². The van der Waals surface area contributed by atoms with Crippen LogP contribution < -0.4 is 0 Å². The summed E-state index contributed by atoms with van der Waals surface area (Å²) in [5.74, 6) is -0.258. The highest BCUT2D eigenvalue weighted by molar-refractivity contribution is 6.29. The normalized spacial score (nSPS) is 17.2. The lowest BCUT2D eigenvalue weighted by Gasteiger charge is -2.18. The zero-order chi connectivity index (χ0) is 12.6. The number of hydrogen-bond donors (Lipinski definition) is 0. The fourth-order valence-corrected chi connectivity index (χ4v) is 2.02. The number of nitrogens with zero attached hydrogens (tertiary/aromatic N) is 1. The molecule has 0 amide bonds. The molecule has 0 saturated heterocycles. The second-order valence-electron chi connectivity index (χ2n) is 4.60. The molecule has 0 radical (unpaired) electrons. The fourth-order valence-electron chi connectivity index (χ4n) is 2.02. The van der Waals surface area contributed by atoms with Crippen LogP contribution in [-0.2, 0) is 11.2 Å². The van der Waals surface area contributed by atoms with Gasteiger partial charge >= 0.3 is 0 Å². The van der Waals surface area contributed by atoms with Crippen molar-refractivity contribution in [3.8, 4) is 0 Å². The first-order valence-corrected chi connectivity index (χ1v) is 5.54. The topological polar surface area (TPSA) is 37.4 Å². The minimum absolute atomic E-state index is 0.0956. The summed E-state index contributed by atoms with van der Waals surface area (Å²) in [6.45, 7) is 1.96. The van der Waals surface area contributed by atoms with Crippen LogP contribution in [0.2, 0.25) is 0 Å². The summed E-state index contributed by atoms with van der Waals surface area (Å²) < 4.78 is 0. The van der Waals surface area contributed by atoms with Crippen molar-refractivity contribution < 1.29 is 9.59 Å². The Morgan fingerprint density at radius 2 is 1.94 bits per heavy atom. The molecule has 0 atom stereocenters. The van der Waals surface area contributed by atoms with E-state index in [0.29, 0.717) is 12.0 Å². The van der Waals surface area contributed by atoms with Crippen molar-refractivity contribution >= 4 is 11.6 Å². The van der Waals surface area contributed by atoms with Crippen molar-refractivity contribution in [2.45, 2.75) is 13.3 Å². The lowest BCUT2D eigenvalue weighted by molar-refractivity contribution is -0.114. The van der Waals surface area contributed by atoms with Gasteiger partial charge in [-0.05, 0) is 12.5 Å². The second-order valence-corrected chi connectivity index (χ2v) is 4.60. The maximum atomic E-state index is 12.2. The van der Waals surface area contributed by atoms with E-state index in [1.807, 2.05) is 25.1 Å². The lowest BCUT2D eigenvalue weighted by atomic mass is 9.85. The van der Waals surface area contributed by atoms with Gasteiger partial charge < -0.3 is 4.90 Å². The fraction of sp³-hybridized carbons (Fsp3) is 0.286. The number of hydrogen-bond acceptors (Lipinski definition) is 3. The number of benzene rings is 1. The van der Waals surface area contributed by atoms with Crippen LogP contribution in [0.5, 0.6) is 0 Å². The minimum atomic E-state index is -0.162. The molecule has 2 rings (SSSR count). The third kappa shape index (κ3) is 2.13. The number of Topliss-reactive ketones (excluding diaryl/α,β-unsaturated/α-hetero) is 2. The maximum Gasteiger partial charge on any atom is 0.198 e. The zero-order valence-corrected chi connectivity index (χ0v) is 10.3. The van der Waals surface area contributed by atoms with E-state index in [1.165, 1.54) is 0 Å². The molecule has 17 heavy (non-hydrogen) atoms. The Morgan fingerprint density at radius 1 is 1.24 bits per heavy atom. The van der Waals surface area contributed by atoms with Gasteiger partial charge in [0, 0.05) is 32.3 Å². The molecule has 3 heteroatoms. The van der Waals surface area contributed by atoms with Crippen molar-refractivity contribution in [2.75, 3.05) is 14.1 Å². The average Bonchev–Trinajstić information content (AvgIpc) is 2.23. The van der Waals surface area contributed by atoms with E-state index < -0.39 is 0 Å². The van der Waals surface area contributed by atoms with E-state index in [-0.39, 0.29) is 17.1 Å². The summed E-state index contributed by atoms with van der Waals surface area (Å²) in [5.41, 5.74) is 2.86. The Labute approximate surface area is 101 Å². The van der Waals surface area contributed by atoms with E-state index in [4.69, 9.17) is 0 Å². The third-order valence-electron chi connectivity index (χ3n) is 2.79. The van der Waals surface area contributed by atoms with E-state index in [1.54, 1.807) is 25.2 Å². The Kier molecular flexibility index (Phi) is 2.84. The van der Waals surface area contributed by atoms with Crippen molar-refractivity contribution in [1.29, 1.82) is 0 Å². The highest BCUT2D eigenvalue weighted by Gasteiger charge is 2.28. The van der Waals surface area contributed by atoms with Gasteiger partial charge in [-0.2, -0.15) is 0 Å². The summed E-state index contributed by atoms with van der Waals surface area (Å²) in [7, 11) is 3.61. The molecule has 1 aromatic rings. The van der Waals surface area contributed by atoms with Crippen LogP contribution in [0.1, 0.15) is 21.5 Å². The number of aryl methyl sites for hydroxylation is 1. The molecule has 0 heterocycles. The van der Waals surface area contributed by atoms with E-state index >= 15 is 0 Å². The average molecular weight is 229 g/mol. The van der Waals surface area contributed by atoms with Gasteiger partial charge in [-0.3, -0.25) is 9.59 Å². The van der Waals surface area contributed by atoms with Crippen LogP contribution in [0.15, 0.2) is 30.0 Å². The molecule has 0 unspecified atom stereocenters. The highest BCUT2D eigenvalue weighted by atomic mass is 16.1. The highest BCUT2D eigenvalue weighted by Crippen LogP contribution is 2.23. The first-order chi connectivity index (χ1) is 7.99. The lowest BCUT2D eigenvalue weighted by Crippen LogP contribution is -2.25. The van der Waals surface area contributed by atoms with Crippen LogP contribution in [0.4, 0.5) is 0 Å². The van der Waals surface area contributed by atoms with Gasteiger partial charge in [-0.15, -0.1) is 0 Å². The molecule has 0 bridgehead atoms. The predicted molar refractivity (Wildman–Crippen MR) is 66.0 cm³/mol. The molecule has 1 aliphatic rings. The molecule has 0 spiro atoms. The molecule has 0 fully saturated rings. The second kappa shape index (κ2) is 4.17. The van der Waals surface area contributed by atoms with Gasteiger partial charge in [0.15, 0.2) is 11.6 Å². The molecule has 88 valence electrons. The molecule has 0 aliphatic heterocycles. The summed E-state index contributed by atoms with van der Waals surface area (Å²) >= 11 is 0. The van der Waals surface area contributed by atoms with Crippen LogP contribution in [0.25, 0.3) is 0 Å². The SMILES string of the molecule is Cc1ccc2c(c1)CC(=O)/C(=C\N(C)C)C2=O. The molecule has 0 N–H and O–H groups in total. The van der Waals surface area contributed by atoms with Crippen LogP contribution >= 0.6 is 0 Å². The molecule has 3 nitrogen and oxygen atoms in total. The number of ketones is 2. The van der Waals surface area contributed by atoms with Crippen molar-refractivity contribution in [3.63, 3.8) is 0 Å². The quantitative estimate of drug-likeness (QED) is 0.544. The molecule has 1 aromatic carbocycles. The summed E-state index contributed by atoms with van der Waals surface area (Å²) in [5, 5.41) is 0. The minimum Gasteiger partial charge on any atom is -0.383 e. The van der Waals surface area contributed by atoms with Gasteiger partial charge in [-0.25, -0.2) is 0 Å². The third-order valence-corrected chi connectivity index (χ3v) is 2.79. The van der Waals surface area contributed by atoms with Crippen LogP contribution in [-0.4, -0.2) is 30.6 Å². The Bertz CT molecular complexity index is 527. The smallest absolute Gasteiger partial charge is 0.198 e. The Morgan fingerprint density at radius 3 is 2.59 bits per heavy atom. The molecular formula is C14H15NO2. The van der Waals surface area contributed by atoms with Crippen molar-refractivity contribution in [1.82, 2.24) is 4.90 Å². The predicted octanol–water partition coefficient (Wildman–Crippen LogP) is 1.75. The number of carbonyl (C=O) groups excluding carboxylic acids is 2. The first-order valence-electron chi connectivity index (χ1n) is 5.54. The molecule has 1 aliphatic carbocycles. The summed E-state index contributed by atoms with van der Waals surface area (Å²) in [6.07, 6.45) is 1.93.